The van der Waals surface area contributed by atoms with Crippen molar-refractivity contribution in [2.24, 2.45) is 17.8 Å². The topological polar surface area (TPSA) is 29.5 Å². The van der Waals surface area contributed by atoms with E-state index in [-0.39, 0.29) is 23.8 Å². The van der Waals surface area contributed by atoms with Crippen molar-refractivity contribution in [3.63, 3.8) is 0 Å². The van der Waals surface area contributed by atoms with Gasteiger partial charge in [0.1, 0.15) is 5.75 Å². The smallest absolute Gasteiger partial charge is 0.227 e. The molecule has 0 bridgehead atoms. The monoisotopic (exact) mass is 423 g/mol. The largest absolute Gasteiger partial charge is 0.497 e. The van der Waals surface area contributed by atoms with E-state index in [0.717, 1.165) is 17.7 Å². The number of carbonyl (C=O) groups excluding carboxylic acids is 1. The zero-order valence-corrected chi connectivity index (χ0v) is 18.6. The van der Waals surface area contributed by atoms with E-state index in [4.69, 9.17) is 4.74 Å². The van der Waals surface area contributed by atoms with E-state index in [1.807, 2.05) is 30.3 Å². The Morgan fingerprint density at radius 2 is 1.66 bits per heavy atom. The molecular formula is C29H29NO2. The fourth-order valence-corrected chi connectivity index (χ4v) is 5.46. The van der Waals surface area contributed by atoms with Crippen molar-refractivity contribution in [2.75, 3.05) is 7.11 Å². The third-order valence-corrected chi connectivity index (χ3v) is 7.04. The maximum atomic E-state index is 13.7. The molecule has 1 heterocycles. The molecule has 0 spiro atoms. The van der Waals surface area contributed by atoms with Crippen LogP contribution in [-0.4, -0.2) is 17.9 Å². The number of methoxy groups -OCH3 is 1. The fourth-order valence-electron chi connectivity index (χ4n) is 5.46. The van der Waals surface area contributed by atoms with Crippen LogP contribution in [0.15, 0.2) is 91.0 Å². The van der Waals surface area contributed by atoms with Crippen LogP contribution < -0.4 is 4.74 Å². The SMILES string of the molecule is COc1ccc(-c2ccccc2[C@H]2[C@H]3C=CC[C@@H](C)[C@@H]3C(=O)N2Cc2ccccc2)cc1. The molecule has 0 unspecified atom stereocenters. The number of hydrogen-bond donors (Lipinski definition) is 0. The molecule has 1 aliphatic heterocycles. The highest BCUT2D eigenvalue weighted by Crippen LogP contribution is 2.50. The van der Waals surface area contributed by atoms with E-state index in [1.165, 1.54) is 16.7 Å². The second-order valence-electron chi connectivity index (χ2n) is 8.96. The van der Waals surface area contributed by atoms with Gasteiger partial charge in [0.25, 0.3) is 0 Å². The summed E-state index contributed by atoms with van der Waals surface area (Å²) in [5.74, 6) is 1.71. The normalized spacial score (nSPS) is 24.4. The minimum Gasteiger partial charge on any atom is -0.497 e. The third-order valence-electron chi connectivity index (χ3n) is 7.04. The summed E-state index contributed by atoms with van der Waals surface area (Å²) in [7, 11) is 1.69. The Morgan fingerprint density at radius 1 is 0.938 bits per heavy atom. The van der Waals surface area contributed by atoms with Crippen LogP contribution in [0.4, 0.5) is 0 Å². The van der Waals surface area contributed by atoms with Gasteiger partial charge in [-0.2, -0.15) is 0 Å². The molecule has 2 aliphatic rings. The molecular weight excluding hydrogens is 394 g/mol. The molecule has 5 rings (SSSR count). The predicted molar refractivity (Wildman–Crippen MR) is 128 cm³/mol. The highest BCUT2D eigenvalue weighted by Gasteiger charge is 2.50. The van der Waals surface area contributed by atoms with Crippen molar-refractivity contribution >= 4 is 5.91 Å². The number of nitrogens with zero attached hydrogens (tertiary/aromatic N) is 1. The van der Waals surface area contributed by atoms with Gasteiger partial charge in [0, 0.05) is 18.4 Å². The molecule has 0 aromatic heterocycles. The van der Waals surface area contributed by atoms with Crippen LogP contribution in [0.2, 0.25) is 0 Å². The van der Waals surface area contributed by atoms with Crippen LogP contribution in [-0.2, 0) is 11.3 Å². The number of ether oxygens (including phenoxy) is 1. The van der Waals surface area contributed by atoms with Gasteiger partial charge in [-0.3, -0.25) is 4.79 Å². The number of fused-ring (bicyclic) bond motifs is 1. The molecule has 162 valence electrons. The van der Waals surface area contributed by atoms with Crippen LogP contribution in [0.5, 0.6) is 5.75 Å². The van der Waals surface area contributed by atoms with E-state index in [0.29, 0.717) is 12.5 Å². The first-order valence-electron chi connectivity index (χ1n) is 11.4. The van der Waals surface area contributed by atoms with E-state index in [2.05, 4.69) is 72.5 Å². The standard InChI is InChI=1S/C29H29NO2/c1-20-9-8-14-26-27(20)29(31)30(19-21-10-4-3-5-11-21)28(26)25-13-7-6-12-24(25)22-15-17-23(32-2)18-16-22/h3-8,10-18,20,26-28H,9,19H2,1-2H3/t20-,26+,27+,28+/m1/s1. The van der Waals surface area contributed by atoms with Gasteiger partial charge in [-0.05, 0) is 46.7 Å². The van der Waals surface area contributed by atoms with Crippen molar-refractivity contribution in [2.45, 2.75) is 25.9 Å². The van der Waals surface area contributed by atoms with Gasteiger partial charge in [0.2, 0.25) is 5.91 Å². The van der Waals surface area contributed by atoms with Crippen LogP contribution >= 0.6 is 0 Å². The number of hydrogen-bond acceptors (Lipinski definition) is 2. The molecule has 1 fully saturated rings. The van der Waals surface area contributed by atoms with Gasteiger partial charge in [-0.15, -0.1) is 0 Å². The minimum absolute atomic E-state index is 0.0185. The molecule has 3 heteroatoms. The molecule has 32 heavy (non-hydrogen) atoms. The summed E-state index contributed by atoms with van der Waals surface area (Å²) < 4.78 is 5.35. The summed E-state index contributed by atoms with van der Waals surface area (Å²) in [6, 6.07) is 27.1. The molecule has 3 aromatic carbocycles. The number of likely N-dealkylation sites (tertiary alicyclic amines) is 1. The second kappa shape index (κ2) is 8.66. The van der Waals surface area contributed by atoms with Crippen molar-refractivity contribution in [1.29, 1.82) is 0 Å². The Labute approximate surface area is 190 Å². The summed E-state index contributed by atoms with van der Waals surface area (Å²) in [5.41, 5.74) is 4.71. The molecule has 0 radical (unpaired) electrons. The quantitative estimate of drug-likeness (QED) is 0.452. The maximum Gasteiger partial charge on any atom is 0.227 e. The molecule has 1 amide bonds. The van der Waals surface area contributed by atoms with Gasteiger partial charge in [-0.25, -0.2) is 0 Å². The number of rotatable bonds is 5. The maximum absolute atomic E-state index is 13.7. The van der Waals surface area contributed by atoms with Crippen LogP contribution in [0.3, 0.4) is 0 Å². The first kappa shape index (κ1) is 20.6. The van der Waals surface area contributed by atoms with Gasteiger partial charge >= 0.3 is 0 Å². The average Bonchev–Trinajstić information content (AvgIpc) is 3.12. The highest BCUT2D eigenvalue weighted by molar-refractivity contribution is 5.84. The minimum atomic E-state index is 0.0185. The Balaban J connectivity index is 1.61. The zero-order valence-electron chi connectivity index (χ0n) is 18.6. The molecule has 0 saturated carbocycles. The first-order valence-corrected chi connectivity index (χ1v) is 11.4. The Kier molecular flexibility index (Phi) is 5.57. The lowest BCUT2D eigenvalue weighted by atomic mass is 9.74. The summed E-state index contributed by atoms with van der Waals surface area (Å²) in [6.07, 6.45) is 5.54. The van der Waals surface area contributed by atoms with Gasteiger partial charge in [0.05, 0.1) is 13.2 Å². The van der Waals surface area contributed by atoms with Crippen LogP contribution in [0.25, 0.3) is 11.1 Å². The summed E-state index contributed by atoms with van der Waals surface area (Å²) in [6.45, 7) is 2.85. The zero-order chi connectivity index (χ0) is 22.1. The van der Waals surface area contributed by atoms with E-state index >= 15 is 0 Å². The average molecular weight is 424 g/mol. The molecule has 3 nitrogen and oxygen atoms in total. The summed E-state index contributed by atoms with van der Waals surface area (Å²) in [5, 5.41) is 0. The molecule has 1 saturated heterocycles. The molecule has 0 N–H and O–H groups in total. The van der Waals surface area contributed by atoms with Gasteiger partial charge in [0.15, 0.2) is 0 Å². The van der Waals surface area contributed by atoms with E-state index in [1.54, 1.807) is 7.11 Å². The number of benzene rings is 3. The van der Waals surface area contributed by atoms with Crippen LogP contribution in [0.1, 0.15) is 30.5 Å². The molecule has 1 aliphatic carbocycles. The van der Waals surface area contributed by atoms with Crippen molar-refractivity contribution in [3.05, 3.63) is 102 Å². The lowest BCUT2D eigenvalue weighted by Gasteiger charge is -2.31. The predicted octanol–water partition coefficient (Wildman–Crippen LogP) is 6.27. The number of carbonyl (C=O) groups is 1. The lowest BCUT2D eigenvalue weighted by molar-refractivity contribution is -0.134. The van der Waals surface area contributed by atoms with Crippen molar-refractivity contribution < 1.29 is 9.53 Å². The Morgan fingerprint density at radius 3 is 2.41 bits per heavy atom. The first-order chi connectivity index (χ1) is 15.7. The van der Waals surface area contributed by atoms with Gasteiger partial charge in [-0.1, -0.05) is 85.8 Å². The Bertz CT molecular complexity index is 1120. The van der Waals surface area contributed by atoms with E-state index in [9.17, 15) is 4.79 Å². The summed E-state index contributed by atoms with van der Waals surface area (Å²) in [4.78, 5) is 15.9. The summed E-state index contributed by atoms with van der Waals surface area (Å²) >= 11 is 0. The second-order valence-corrected chi connectivity index (χ2v) is 8.96. The lowest BCUT2D eigenvalue weighted by Crippen LogP contribution is -2.30. The number of amides is 1. The van der Waals surface area contributed by atoms with Crippen LogP contribution in [0, 0.1) is 17.8 Å². The van der Waals surface area contributed by atoms with Crippen molar-refractivity contribution in [1.82, 2.24) is 4.90 Å². The Hall–Kier alpha value is -3.33. The van der Waals surface area contributed by atoms with E-state index < -0.39 is 0 Å². The van der Waals surface area contributed by atoms with Gasteiger partial charge < -0.3 is 9.64 Å². The number of allylic oxidation sites excluding steroid dienone is 1. The van der Waals surface area contributed by atoms with Crippen molar-refractivity contribution in [3.8, 4) is 16.9 Å². The molecule has 4 atom stereocenters. The fraction of sp³-hybridized carbons (Fsp3) is 0.276. The third kappa shape index (κ3) is 3.62. The highest BCUT2D eigenvalue weighted by atomic mass is 16.5. The molecule has 3 aromatic rings.